The van der Waals surface area contributed by atoms with Crippen molar-refractivity contribution in [2.24, 2.45) is 10.9 Å². The van der Waals surface area contributed by atoms with Gasteiger partial charge in [0.1, 0.15) is 0 Å². The highest BCUT2D eigenvalue weighted by atomic mass is 16.1. The molecule has 0 aromatic rings. The number of rotatable bonds is 5. The Hall–Kier alpha value is -0.620. The van der Waals surface area contributed by atoms with Crippen LogP contribution in [0.15, 0.2) is 4.99 Å². The summed E-state index contributed by atoms with van der Waals surface area (Å²) < 4.78 is 0. The van der Waals surface area contributed by atoms with Crippen molar-refractivity contribution in [2.75, 3.05) is 0 Å². The maximum absolute atomic E-state index is 10.3. The fraction of sp³-hybridized carbons (Fsp3) is 0.917. The summed E-state index contributed by atoms with van der Waals surface area (Å²) in [5, 5.41) is 0. The zero-order valence-electron chi connectivity index (χ0n) is 9.17. The van der Waals surface area contributed by atoms with Crippen LogP contribution in [0.2, 0.25) is 0 Å². The average Bonchev–Trinajstić information content (AvgIpc) is 2.21. The van der Waals surface area contributed by atoms with Crippen molar-refractivity contribution < 1.29 is 4.79 Å². The molecule has 0 spiro atoms. The van der Waals surface area contributed by atoms with Gasteiger partial charge in [0, 0.05) is 0 Å². The zero-order chi connectivity index (χ0) is 10.2. The molecule has 0 bridgehead atoms. The van der Waals surface area contributed by atoms with E-state index in [4.69, 9.17) is 0 Å². The molecule has 0 aromatic heterocycles. The molecule has 0 aromatic carbocycles. The van der Waals surface area contributed by atoms with Gasteiger partial charge in [0.25, 0.3) is 0 Å². The van der Waals surface area contributed by atoms with Gasteiger partial charge >= 0.3 is 0 Å². The Morgan fingerprint density at radius 2 is 2.07 bits per heavy atom. The van der Waals surface area contributed by atoms with Crippen molar-refractivity contribution in [1.82, 2.24) is 0 Å². The summed E-state index contributed by atoms with van der Waals surface area (Å²) in [7, 11) is 0. The van der Waals surface area contributed by atoms with Gasteiger partial charge in [0.15, 0.2) is 0 Å². The lowest BCUT2D eigenvalue weighted by atomic mass is 9.82. The van der Waals surface area contributed by atoms with Crippen LogP contribution in [-0.2, 0) is 4.79 Å². The summed E-state index contributed by atoms with van der Waals surface area (Å²) in [5.41, 5.74) is 0. The van der Waals surface area contributed by atoms with Gasteiger partial charge in [-0.25, -0.2) is 9.79 Å². The van der Waals surface area contributed by atoms with E-state index in [0.29, 0.717) is 5.92 Å². The van der Waals surface area contributed by atoms with Gasteiger partial charge in [-0.05, 0) is 25.2 Å². The Kier molecular flexibility index (Phi) is 5.55. The summed E-state index contributed by atoms with van der Waals surface area (Å²) in [4.78, 5) is 14.2. The van der Waals surface area contributed by atoms with Gasteiger partial charge in [0.05, 0.1) is 6.04 Å². The molecular weight excluding hydrogens is 174 g/mol. The standard InChI is InChI=1S/C12H21NO/c1-2-3-4-7-11-8-5-6-9-12(11)13-10-14/h11-12H,2-9H2,1H3. The molecular formula is C12H21NO. The smallest absolute Gasteiger partial charge is 0.211 e. The molecule has 1 saturated carbocycles. The Morgan fingerprint density at radius 1 is 1.29 bits per heavy atom. The molecule has 14 heavy (non-hydrogen) atoms. The van der Waals surface area contributed by atoms with Crippen LogP contribution in [0.1, 0.15) is 58.3 Å². The lowest BCUT2D eigenvalue weighted by Gasteiger charge is -2.27. The molecule has 80 valence electrons. The highest BCUT2D eigenvalue weighted by molar-refractivity contribution is 5.33. The predicted molar refractivity (Wildman–Crippen MR) is 58.0 cm³/mol. The van der Waals surface area contributed by atoms with Crippen LogP contribution in [-0.4, -0.2) is 12.1 Å². The van der Waals surface area contributed by atoms with E-state index < -0.39 is 0 Å². The fourth-order valence-electron chi connectivity index (χ4n) is 2.42. The minimum Gasteiger partial charge on any atom is -0.211 e. The highest BCUT2D eigenvalue weighted by Crippen LogP contribution is 2.30. The first-order valence-corrected chi connectivity index (χ1v) is 5.95. The number of hydrogen-bond donors (Lipinski definition) is 0. The maximum atomic E-state index is 10.3. The predicted octanol–water partition coefficient (Wildman–Crippen LogP) is 3.46. The van der Waals surface area contributed by atoms with E-state index in [2.05, 4.69) is 11.9 Å². The van der Waals surface area contributed by atoms with E-state index in [9.17, 15) is 4.79 Å². The van der Waals surface area contributed by atoms with Gasteiger partial charge in [-0.3, -0.25) is 0 Å². The number of hydrogen-bond acceptors (Lipinski definition) is 2. The molecule has 2 nitrogen and oxygen atoms in total. The van der Waals surface area contributed by atoms with Crippen LogP contribution in [0.25, 0.3) is 0 Å². The molecule has 2 heteroatoms. The van der Waals surface area contributed by atoms with Crippen molar-refractivity contribution in [1.29, 1.82) is 0 Å². The third-order valence-electron chi connectivity index (χ3n) is 3.27. The quantitative estimate of drug-likeness (QED) is 0.375. The number of unbranched alkanes of at least 4 members (excludes halogenated alkanes) is 2. The van der Waals surface area contributed by atoms with Crippen LogP contribution in [0.5, 0.6) is 0 Å². The molecule has 1 aliphatic carbocycles. The SMILES string of the molecule is CCCCCC1CCCCC1N=C=O. The van der Waals surface area contributed by atoms with Gasteiger partial charge in [-0.1, -0.05) is 39.0 Å². The van der Waals surface area contributed by atoms with Gasteiger partial charge < -0.3 is 0 Å². The Balaban J connectivity index is 2.33. The van der Waals surface area contributed by atoms with Crippen molar-refractivity contribution in [3.05, 3.63) is 0 Å². The molecule has 0 aliphatic heterocycles. The second-order valence-electron chi connectivity index (χ2n) is 4.33. The van der Waals surface area contributed by atoms with Gasteiger partial charge in [-0.2, -0.15) is 0 Å². The Labute approximate surface area is 86.8 Å². The van der Waals surface area contributed by atoms with E-state index in [-0.39, 0.29) is 6.04 Å². The Bertz CT molecular complexity index is 196. The molecule has 1 fully saturated rings. The van der Waals surface area contributed by atoms with E-state index >= 15 is 0 Å². The first kappa shape index (κ1) is 11.5. The third kappa shape index (κ3) is 3.63. The lowest BCUT2D eigenvalue weighted by molar-refractivity contribution is 0.285. The van der Waals surface area contributed by atoms with E-state index in [0.717, 1.165) is 6.42 Å². The second-order valence-corrected chi connectivity index (χ2v) is 4.33. The molecule has 1 rings (SSSR count). The summed E-state index contributed by atoms with van der Waals surface area (Å²) in [6, 6.07) is 0.290. The monoisotopic (exact) mass is 195 g/mol. The molecule has 1 aliphatic rings. The van der Waals surface area contributed by atoms with Crippen LogP contribution in [0.3, 0.4) is 0 Å². The normalized spacial score (nSPS) is 26.9. The minimum absolute atomic E-state index is 0.290. The molecule has 0 radical (unpaired) electrons. The largest absolute Gasteiger partial charge is 0.235 e. The van der Waals surface area contributed by atoms with Crippen molar-refractivity contribution in [3.63, 3.8) is 0 Å². The molecule has 0 heterocycles. The van der Waals surface area contributed by atoms with Gasteiger partial charge in [-0.15, -0.1) is 0 Å². The van der Waals surface area contributed by atoms with Crippen molar-refractivity contribution in [2.45, 2.75) is 64.3 Å². The van der Waals surface area contributed by atoms with E-state index in [1.807, 2.05) is 0 Å². The van der Waals surface area contributed by atoms with E-state index in [1.165, 1.54) is 44.9 Å². The lowest BCUT2D eigenvalue weighted by Crippen LogP contribution is -2.22. The van der Waals surface area contributed by atoms with E-state index in [1.54, 1.807) is 6.08 Å². The molecule has 0 saturated heterocycles. The topological polar surface area (TPSA) is 29.4 Å². The zero-order valence-corrected chi connectivity index (χ0v) is 9.17. The third-order valence-corrected chi connectivity index (χ3v) is 3.27. The van der Waals surface area contributed by atoms with Crippen molar-refractivity contribution >= 4 is 6.08 Å². The van der Waals surface area contributed by atoms with Crippen molar-refractivity contribution in [3.8, 4) is 0 Å². The fourth-order valence-corrected chi connectivity index (χ4v) is 2.42. The molecule has 0 N–H and O–H groups in total. The van der Waals surface area contributed by atoms with Crippen LogP contribution in [0.4, 0.5) is 0 Å². The molecule has 2 unspecified atom stereocenters. The number of isocyanates is 1. The molecule has 0 amide bonds. The second kappa shape index (κ2) is 6.78. The maximum Gasteiger partial charge on any atom is 0.235 e. The first-order chi connectivity index (χ1) is 6.88. The van der Waals surface area contributed by atoms with Crippen LogP contribution >= 0.6 is 0 Å². The highest BCUT2D eigenvalue weighted by Gasteiger charge is 2.23. The van der Waals surface area contributed by atoms with Crippen LogP contribution in [0, 0.1) is 5.92 Å². The average molecular weight is 195 g/mol. The first-order valence-electron chi connectivity index (χ1n) is 5.95. The number of nitrogens with zero attached hydrogens (tertiary/aromatic N) is 1. The van der Waals surface area contributed by atoms with Gasteiger partial charge in [0.2, 0.25) is 6.08 Å². The Morgan fingerprint density at radius 3 is 2.79 bits per heavy atom. The van der Waals surface area contributed by atoms with Crippen LogP contribution < -0.4 is 0 Å². The number of aliphatic imine (C=N–C) groups is 1. The minimum atomic E-state index is 0.290. The molecule has 2 atom stereocenters. The number of carbonyl (C=O) groups excluding carboxylic acids is 1. The summed E-state index contributed by atoms with van der Waals surface area (Å²) >= 11 is 0. The summed E-state index contributed by atoms with van der Waals surface area (Å²) in [6.45, 7) is 2.22. The summed E-state index contributed by atoms with van der Waals surface area (Å²) in [6.07, 6.45) is 11.8. The summed E-state index contributed by atoms with van der Waals surface area (Å²) in [5.74, 6) is 0.664.